The van der Waals surface area contributed by atoms with Gasteiger partial charge in [0, 0.05) is 11.1 Å². The van der Waals surface area contributed by atoms with Crippen LogP contribution in [0.15, 0.2) is 66.7 Å². The second-order valence-corrected chi connectivity index (χ2v) is 8.08. The van der Waals surface area contributed by atoms with Crippen molar-refractivity contribution in [3.05, 3.63) is 106 Å². The van der Waals surface area contributed by atoms with Crippen LogP contribution in [0.3, 0.4) is 0 Å². The Morgan fingerprint density at radius 2 is 1.68 bits per heavy atom. The molecule has 1 aliphatic rings. The van der Waals surface area contributed by atoms with E-state index in [0.29, 0.717) is 18.6 Å². The van der Waals surface area contributed by atoms with Crippen LogP contribution in [-0.2, 0) is 23.4 Å². The Labute approximate surface area is 183 Å². The molecule has 31 heavy (non-hydrogen) atoms. The van der Waals surface area contributed by atoms with Crippen LogP contribution in [-0.4, -0.2) is 11.1 Å². The molecule has 0 spiro atoms. The first kappa shape index (κ1) is 20.9. The molecule has 0 bridgehead atoms. The van der Waals surface area contributed by atoms with Gasteiger partial charge in [-0.2, -0.15) is 0 Å². The molecule has 4 rings (SSSR count). The maximum Gasteiger partial charge on any atom is 0.335 e. The van der Waals surface area contributed by atoms with Crippen LogP contribution in [0.4, 0.5) is 0 Å². The van der Waals surface area contributed by atoms with E-state index in [0.717, 1.165) is 29.5 Å². The van der Waals surface area contributed by atoms with Gasteiger partial charge in [-0.1, -0.05) is 55.2 Å². The molecule has 3 aromatic carbocycles. The van der Waals surface area contributed by atoms with Crippen molar-refractivity contribution in [1.29, 1.82) is 0 Å². The van der Waals surface area contributed by atoms with Crippen molar-refractivity contribution in [2.45, 2.75) is 45.3 Å². The van der Waals surface area contributed by atoms with Crippen molar-refractivity contribution in [3.63, 3.8) is 0 Å². The summed E-state index contributed by atoms with van der Waals surface area (Å²) in [4.78, 5) is 11.3. The lowest BCUT2D eigenvalue weighted by Gasteiger charge is -2.19. The highest BCUT2D eigenvalue weighted by Gasteiger charge is 2.46. The fraction of sp³-hybridized carbons (Fsp3) is 0.250. The maximum atomic E-state index is 11.3. The number of aromatic carboxylic acids is 1. The number of benzene rings is 3. The molecule has 0 radical (unpaired) electrons. The first-order chi connectivity index (χ1) is 15.0. The Balaban J connectivity index is 1.51. The first-order valence-electron chi connectivity index (χ1n) is 10.7. The standard InChI is InChI=1S/C28H26O3/c1-3-24-18-22(11-13-25(24)27(29)30)10-9-21-12-14-26(20(2)17-21)28(15-16-28)31-19-23-7-5-4-6-8-23/h4-8,11-14,17-18H,3,15-16,19H2,1-2H3,(H,29,30). The fourth-order valence-electron chi connectivity index (χ4n) is 3.97. The molecule has 1 saturated carbocycles. The van der Waals surface area contributed by atoms with Gasteiger partial charge in [-0.25, -0.2) is 4.79 Å². The molecule has 0 heterocycles. The van der Waals surface area contributed by atoms with Crippen molar-refractivity contribution >= 4 is 5.97 Å². The second kappa shape index (κ2) is 8.79. The summed E-state index contributed by atoms with van der Waals surface area (Å²) < 4.78 is 6.33. The zero-order valence-electron chi connectivity index (χ0n) is 17.9. The third-order valence-electron chi connectivity index (χ3n) is 5.85. The number of carbonyl (C=O) groups is 1. The normalized spacial score (nSPS) is 13.9. The van der Waals surface area contributed by atoms with Crippen LogP contribution in [0.1, 0.15) is 63.5 Å². The summed E-state index contributed by atoms with van der Waals surface area (Å²) in [5.41, 5.74) is 6.37. The third kappa shape index (κ3) is 4.71. The summed E-state index contributed by atoms with van der Waals surface area (Å²) in [7, 11) is 0. The molecule has 156 valence electrons. The fourth-order valence-corrected chi connectivity index (χ4v) is 3.97. The van der Waals surface area contributed by atoms with Gasteiger partial charge < -0.3 is 9.84 Å². The molecule has 0 saturated heterocycles. The maximum absolute atomic E-state index is 11.3. The molecular formula is C28H26O3. The van der Waals surface area contributed by atoms with Crippen LogP contribution in [0, 0.1) is 18.8 Å². The molecule has 0 aromatic heterocycles. The number of ether oxygens (including phenoxy) is 1. The zero-order chi connectivity index (χ0) is 21.8. The summed E-state index contributed by atoms with van der Waals surface area (Å²) in [6.07, 6.45) is 2.75. The lowest BCUT2D eigenvalue weighted by Crippen LogP contribution is -2.13. The van der Waals surface area contributed by atoms with Crippen LogP contribution in [0.5, 0.6) is 0 Å². The summed E-state index contributed by atoms with van der Waals surface area (Å²) in [6.45, 7) is 4.69. The van der Waals surface area contributed by atoms with E-state index in [1.54, 1.807) is 12.1 Å². The number of hydrogen-bond acceptors (Lipinski definition) is 2. The van der Waals surface area contributed by atoms with E-state index in [4.69, 9.17) is 4.74 Å². The van der Waals surface area contributed by atoms with Crippen molar-refractivity contribution in [3.8, 4) is 11.8 Å². The van der Waals surface area contributed by atoms with Gasteiger partial charge in [-0.15, -0.1) is 0 Å². The largest absolute Gasteiger partial charge is 0.478 e. The zero-order valence-corrected chi connectivity index (χ0v) is 17.9. The minimum Gasteiger partial charge on any atom is -0.478 e. The molecular weight excluding hydrogens is 384 g/mol. The van der Waals surface area contributed by atoms with E-state index in [1.807, 2.05) is 37.3 Å². The quantitative estimate of drug-likeness (QED) is 0.518. The average molecular weight is 411 g/mol. The molecule has 0 aliphatic heterocycles. The Hall–Kier alpha value is -3.35. The van der Waals surface area contributed by atoms with Gasteiger partial charge in [-0.3, -0.25) is 0 Å². The van der Waals surface area contributed by atoms with E-state index in [2.05, 4.69) is 43.0 Å². The topological polar surface area (TPSA) is 46.5 Å². The number of rotatable bonds is 6. The monoisotopic (exact) mass is 410 g/mol. The van der Waals surface area contributed by atoms with Crippen LogP contribution in [0.25, 0.3) is 0 Å². The van der Waals surface area contributed by atoms with Crippen molar-refractivity contribution in [1.82, 2.24) is 0 Å². The molecule has 1 fully saturated rings. The Kier molecular flexibility index (Phi) is 5.93. The minimum absolute atomic E-state index is 0.172. The van der Waals surface area contributed by atoms with Gasteiger partial charge in [0.05, 0.1) is 17.8 Å². The SMILES string of the molecule is CCc1cc(C#Cc2ccc(C3(OCc4ccccc4)CC3)c(C)c2)ccc1C(=O)O. The molecule has 3 heteroatoms. The molecule has 3 nitrogen and oxygen atoms in total. The first-order valence-corrected chi connectivity index (χ1v) is 10.7. The molecule has 1 N–H and O–H groups in total. The third-order valence-corrected chi connectivity index (χ3v) is 5.85. The number of carboxylic acid groups (broad SMARTS) is 1. The highest BCUT2D eigenvalue weighted by Crippen LogP contribution is 2.50. The lowest BCUT2D eigenvalue weighted by molar-refractivity contribution is 0.0168. The van der Waals surface area contributed by atoms with E-state index in [9.17, 15) is 9.90 Å². The molecule has 1 aliphatic carbocycles. The van der Waals surface area contributed by atoms with Gasteiger partial charge in [0.2, 0.25) is 0 Å². The molecule has 3 aromatic rings. The van der Waals surface area contributed by atoms with Crippen molar-refractivity contribution in [2.24, 2.45) is 0 Å². The van der Waals surface area contributed by atoms with E-state index >= 15 is 0 Å². The van der Waals surface area contributed by atoms with E-state index < -0.39 is 5.97 Å². The summed E-state index contributed by atoms with van der Waals surface area (Å²) in [6, 6.07) is 21.9. The Bertz CT molecular complexity index is 1160. The van der Waals surface area contributed by atoms with Gasteiger partial charge in [-0.05, 0) is 78.8 Å². The average Bonchev–Trinajstić information content (AvgIpc) is 3.57. The molecule has 0 amide bonds. The van der Waals surface area contributed by atoms with Crippen molar-refractivity contribution in [2.75, 3.05) is 0 Å². The highest BCUT2D eigenvalue weighted by molar-refractivity contribution is 5.89. The molecule has 0 atom stereocenters. The van der Waals surface area contributed by atoms with Crippen molar-refractivity contribution < 1.29 is 14.6 Å². The highest BCUT2D eigenvalue weighted by atomic mass is 16.5. The number of aryl methyl sites for hydroxylation is 2. The van der Waals surface area contributed by atoms with Gasteiger partial charge >= 0.3 is 5.97 Å². The number of hydrogen-bond donors (Lipinski definition) is 1. The lowest BCUT2D eigenvalue weighted by atomic mass is 9.98. The van der Waals surface area contributed by atoms with Gasteiger partial charge in [0.25, 0.3) is 0 Å². The predicted molar refractivity (Wildman–Crippen MR) is 122 cm³/mol. The van der Waals surface area contributed by atoms with Crippen LogP contribution >= 0.6 is 0 Å². The minimum atomic E-state index is -0.897. The second-order valence-electron chi connectivity index (χ2n) is 8.08. The summed E-state index contributed by atoms with van der Waals surface area (Å²) in [5.74, 6) is 5.50. The predicted octanol–water partition coefficient (Wildman–Crippen LogP) is 5.86. The van der Waals surface area contributed by atoms with Gasteiger partial charge in [0.1, 0.15) is 0 Å². The summed E-state index contributed by atoms with van der Waals surface area (Å²) >= 11 is 0. The number of carboxylic acids is 1. The van der Waals surface area contributed by atoms with Crippen LogP contribution < -0.4 is 0 Å². The smallest absolute Gasteiger partial charge is 0.335 e. The van der Waals surface area contributed by atoms with Crippen LogP contribution in [0.2, 0.25) is 0 Å². The summed E-state index contributed by atoms with van der Waals surface area (Å²) in [5, 5.41) is 9.28. The Morgan fingerprint density at radius 1 is 1.00 bits per heavy atom. The van der Waals surface area contributed by atoms with E-state index in [1.165, 1.54) is 16.7 Å². The van der Waals surface area contributed by atoms with E-state index in [-0.39, 0.29) is 5.60 Å². The Morgan fingerprint density at radius 3 is 2.29 bits per heavy atom. The molecule has 0 unspecified atom stereocenters. The van der Waals surface area contributed by atoms with Gasteiger partial charge in [0.15, 0.2) is 0 Å².